The second-order valence-corrected chi connectivity index (χ2v) is 7.52. The third kappa shape index (κ3) is 9.13. The van der Waals surface area contributed by atoms with Crippen molar-refractivity contribution in [3.63, 3.8) is 0 Å². The van der Waals surface area contributed by atoms with Crippen LogP contribution in [0.4, 0.5) is 0 Å². The van der Waals surface area contributed by atoms with Crippen LogP contribution in [0.5, 0.6) is 0 Å². The Morgan fingerprint density at radius 3 is 1.82 bits per heavy atom. The summed E-state index contributed by atoms with van der Waals surface area (Å²) in [6, 6.07) is -4.60. The molecule has 5 atom stereocenters. The Morgan fingerprint density at radius 2 is 1.43 bits per heavy atom. The fourth-order valence-electron chi connectivity index (χ4n) is 2.17. The Balaban J connectivity index is 5.30. The van der Waals surface area contributed by atoms with Crippen molar-refractivity contribution in [2.45, 2.75) is 57.5 Å². The lowest BCUT2D eigenvalue weighted by atomic mass is 10.0. The standard InChI is InChI=1S/C16H30N4O6S2/c1-7(2)4-10(18-13(22)9(17)5-27)14(23)20-12(8(3)21)15(24)19-11(6-28)16(25)26/h7-12,21,27-28H,4-6,17H2,1-3H3,(H,18,22)(H,19,24)(H,20,23)(H,25,26)/t8-,9-,10+,11-,12+/m1/s1. The fourth-order valence-corrected chi connectivity index (χ4v) is 2.58. The highest BCUT2D eigenvalue weighted by Gasteiger charge is 2.32. The van der Waals surface area contributed by atoms with E-state index in [2.05, 4.69) is 41.2 Å². The van der Waals surface area contributed by atoms with Crippen LogP contribution in [0.25, 0.3) is 0 Å². The van der Waals surface area contributed by atoms with Crippen LogP contribution in [0.15, 0.2) is 0 Å². The molecular weight excluding hydrogens is 408 g/mol. The summed E-state index contributed by atoms with van der Waals surface area (Å²) < 4.78 is 0. The van der Waals surface area contributed by atoms with Gasteiger partial charge >= 0.3 is 5.97 Å². The zero-order chi connectivity index (χ0) is 22.0. The van der Waals surface area contributed by atoms with Crippen LogP contribution >= 0.6 is 25.3 Å². The number of carboxylic acids is 1. The largest absolute Gasteiger partial charge is 0.480 e. The van der Waals surface area contributed by atoms with Gasteiger partial charge in [0.15, 0.2) is 0 Å². The first-order valence-electron chi connectivity index (χ1n) is 8.73. The molecule has 0 aliphatic rings. The number of amides is 3. The zero-order valence-corrected chi connectivity index (χ0v) is 17.9. The topological polar surface area (TPSA) is 171 Å². The number of aliphatic hydroxyl groups excluding tert-OH is 1. The number of carboxylic acid groups (broad SMARTS) is 1. The first kappa shape index (κ1) is 26.5. The van der Waals surface area contributed by atoms with Crippen LogP contribution < -0.4 is 21.7 Å². The van der Waals surface area contributed by atoms with Gasteiger partial charge in [-0.1, -0.05) is 13.8 Å². The summed E-state index contributed by atoms with van der Waals surface area (Å²) in [4.78, 5) is 48.0. The van der Waals surface area contributed by atoms with E-state index in [1.54, 1.807) is 0 Å². The monoisotopic (exact) mass is 438 g/mol. The summed E-state index contributed by atoms with van der Waals surface area (Å²) in [7, 11) is 0. The lowest BCUT2D eigenvalue weighted by Crippen LogP contribution is -2.60. The third-order valence-electron chi connectivity index (χ3n) is 3.73. The maximum absolute atomic E-state index is 12.6. The predicted molar refractivity (Wildman–Crippen MR) is 110 cm³/mol. The number of carbonyl (C=O) groups is 4. The number of rotatable bonds is 12. The molecule has 0 rings (SSSR count). The molecular formula is C16H30N4O6S2. The summed E-state index contributed by atoms with van der Waals surface area (Å²) >= 11 is 7.78. The van der Waals surface area contributed by atoms with E-state index < -0.39 is 54.0 Å². The van der Waals surface area contributed by atoms with Crippen LogP contribution in [0.2, 0.25) is 0 Å². The first-order valence-corrected chi connectivity index (χ1v) is 10.00. The smallest absolute Gasteiger partial charge is 0.327 e. The van der Waals surface area contributed by atoms with Crippen molar-refractivity contribution in [1.82, 2.24) is 16.0 Å². The molecule has 0 fully saturated rings. The molecule has 0 aromatic heterocycles. The van der Waals surface area contributed by atoms with Gasteiger partial charge in [-0.15, -0.1) is 0 Å². The van der Waals surface area contributed by atoms with Crippen molar-refractivity contribution in [3.8, 4) is 0 Å². The highest BCUT2D eigenvalue weighted by molar-refractivity contribution is 7.80. The van der Waals surface area contributed by atoms with Crippen molar-refractivity contribution in [1.29, 1.82) is 0 Å². The fraction of sp³-hybridized carbons (Fsp3) is 0.750. The van der Waals surface area contributed by atoms with Crippen LogP contribution in [-0.4, -0.2) is 75.7 Å². The van der Waals surface area contributed by atoms with Gasteiger partial charge in [0.1, 0.15) is 18.1 Å². The number of carbonyl (C=O) groups excluding carboxylic acids is 3. The molecule has 0 saturated carbocycles. The third-order valence-corrected chi connectivity index (χ3v) is 4.49. The van der Waals surface area contributed by atoms with Gasteiger partial charge in [-0.3, -0.25) is 14.4 Å². The van der Waals surface area contributed by atoms with E-state index in [4.69, 9.17) is 10.8 Å². The van der Waals surface area contributed by atoms with Gasteiger partial charge in [0, 0.05) is 11.5 Å². The Morgan fingerprint density at radius 1 is 0.893 bits per heavy atom. The van der Waals surface area contributed by atoms with E-state index in [9.17, 15) is 24.3 Å². The summed E-state index contributed by atoms with van der Waals surface area (Å²) in [6.45, 7) is 4.95. The van der Waals surface area contributed by atoms with Crippen LogP contribution in [-0.2, 0) is 19.2 Å². The van der Waals surface area contributed by atoms with Crippen molar-refractivity contribution < 1.29 is 29.4 Å². The molecule has 0 aliphatic carbocycles. The van der Waals surface area contributed by atoms with Gasteiger partial charge < -0.3 is 31.9 Å². The second kappa shape index (κ2) is 12.9. The van der Waals surface area contributed by atoms with Crippen molar-refractivity contribution >= 4 is 48.9 Å². The molecule has 0 spiro atoms. The number of thiol groups is 2. The van der Waals surface area contributed by atoms with Gasteiger partial charge in [0.25, 0.3) is 0 Å². The summed E-state index contributed by atoms with van der Waals surface area (Å²) in [5.41, 5.74) is 5.60. The summed E-state index contributed by atoms with van der Waals surface area (Å²) in [5.74, 6) is -3.52. The van der Waals surface area contributed by atoms with Gasteiger partial charge in [-0.25, -0.2) is 4.79 Å². The number of hydrogen-bond donors (Lipinski definition) is 8. The molecule has 0 unspecified atom stereocenters. The number of hydrogen-bond acceptors (Lipinski definition) is 8. The number of aliphatic carboxylic acids is 1. The molecule has 0 radical (unpaired) electrons. The molecule has 28 heavy (non-hydrogen) atoms. The second-order valence-electron chi connectivity index (χ2n) is 6.79. The van der Waals surface area contributed by atoms with Crippen molar-refractivity contribution in [2.24, 2.45) is 11.7 Å². The van der Waals surface area contributed by atoms with E-state index >= 15 is 0 Å². The first-order chi connectivity index (χ1) is 12.9. The SMILES string of the molecule is CC(C)C[C@H](NC(=O)[C@H](N)CS)C(=O)N[C@H](C(=O)N[C@H](CS)C(=O)O)[C@@H](C)O. The highest BCUT2D eigenvalue weighted by atomic mass is 32.1. The predicted octanol–water partition coefficient (Wildman–Crippen LogP) is -1.86. The van der Waals surface area contributed by atoms with Gasteiger partial charge in [-0.05, 0) is 19.3 Å². The molecule has 0 saturated heterocycles. The molecule has 7 N–H and O–H groups in total. The minimum atomic E-state index is -1.42. The van der Waals surface area contributed by atoms with Crippen LogP contribution in [0.3, 0.4) is 0 Å². The van der Waals surface area contributed by atoms with E-state index in [0.29, 0.717) is 0 Å². The van der Waals surface area contributed by atoms with Crippen LogP contribution in [0.1, 0.15) is 27.2 Å². The average molecular weight is 439 g/mol. The maximum Gasteiger partial charge on any atom is 0.327 e. The van der Waals surface area contributed by atoms with Gasteiger partial charge in [-0.2, -0.15) is 25.3 Å². The molecule has 3 amide bonds. The lowest BCUT2D eigenvalue weighted by Gasteiger charge is -2.27. The van der Waals surface area contributed by atoms with E-state index in [1.165, 1.54) is 6.92 Å². The number of nitrogens with one attached hydrogen (secondary N) is 3. The highest BCUT2D eigenvalue weighted by Crippen LogP contribution is 2.07. The molecule has 0 aromatic carbocycles. The van der Waals surface area contributed by atoms with Gasteiger partial charge in [0.2, 0.25) is 17.7 Å². The summed E-state index contributed by atoms with van der Waals surface area (Å²) in [5, 5.41) is 25.9. The zero-order valence-electron chi connectivity index (χ0n) is 16.1. The molecule has 12 heteroatoms. The Kier molecular flexibility index (Phi) is 12.2. The maximum atomic E-state index is 12.6. The minimum absolute atomic E-state index is 0.0303. The molecule has 0 bridgehead atoms. The van der Waals surface area contributed by atoms with E-state index in [-0.39, 0.29) is 23.8 Å². The van der Waals surface area contributed by atoms with Crippen molar-refractivity contribution in [2.75, 3.05) is 11.5 Å². The number of aliphatic hydroxyl groups is 1. The van der Waals surface area contributed by atoms with E-state index in [0.717, 1.165) is 0 Å². The quantitative estimate of drug-likeness (QED) is 0.165. The summed E-state index contributed by atoms with van der Waals surface area (Å²) in [6.07, 6.45) is -1.05. The average Bonchev–Trinajstić information content (AvgIpc) is 2.61. The number of nitrogens with two attached hydrogens (primary N) is 1. The van der Waals surface area contributed by atoms with Crippen molar-refractivity contribution in [3.05, 3.63) is 0 Å². The van der Waals surface area contributed by atoms with Crippen LogP contribution in [0, 0.1) is 5.92 Å². The Labute approximate surface area is 175 Å². The lowest BCUT2D eigenvalue weighted by molar-refractivity contribution is -0.142. The molecule has 0 aliphatic heterocycles. The van der Waals surface area contributed by atoms with Gasteiger partial charge in [0.05, 0.1) is 12.1 Å². The Bertz CT molecular complexity index is 561. The molecule has 162 valence electrons. The molecule has 0 heterocycles. The molecule has 0 aromatic rings. The normalized spacial score (nSPS) is 16.4. The Hall–Kier alpha value is -1.50. The molecule has 10 nitrogen and oxygen atoms in total. The van der Waals surface area contributed by atoms with E-state index in [1.807, 2.05) is 13.8 Å². The minimum Gasteiger partial charge on any atom is -0.480 e.